The number of methoxy groups -OCH3 is 1. The number of ether oxygens (including phenoxy) is 1. The number of likely N-dealkylation sites (N-methyl/N-ethyl adjacent to an activating group) is 1. The third-order valence-electron chi connectivity index (χ3n) is 5.87. The molecule has 3 rings (SSSR count). The van der Waals surface area contributed by atoms with Crippen LogP contribution < -0.4 is 10.1 Å². The maximum Gasteiger partial charge on any atom is 0.337 e. The van der Waals surface area contributed by atoms with E-state index in [2.05, 4.69) is 46.1 Å². The van der Waals surface area contributed by atoms with Crippen LogP contribution in [0.25, 0.3) is 0 Å². The summed E-state index contributed by atoms with van der Waals surface area (Å²) in [4.78, 5) is 14.3. The van der Waals surface area contributed by atoms with Crippen LogP contribution in [0.3, 0.4) is 0 Å². The van der Waals surface area contributed by atoms with Gasteiger partial charge in [0.2, 0.25) is 0 Å². The summed E-state index contributed by atoms with van der Waals surface area (Å²) >= 11 is 0. The van der Waals surface area contributed by atoms with Gasteiger partial charge in [0.1, 0.15) is 5.75 Å². The molecule has 32 heavy (non-hydrogen) atoms. The Balaban J connectivity index is 1.66. The van der Waals surface area contributed by atoms with Crippen LogP contribution in [0.1, 0.15) is 38.4 Å². The van der Waals surface area contributed by atoms with Crippen LogP contribution in [0.5, 0.6) is 5.75 Å². The van der Waals surface area contributed by atoms with E-state index in [1.807, 2.05) is 44.2 Å². The molecule has 6 heteroatoms. The van der Waals surface area contributed by atoms with E-state index in [-0.39, 0.29) is 0 Å². The zero-order valence-electron chi connectivity index (χ0n) is 19.4. The highest BCUT2D eigenvalue weighted by molar-refractivity contribution is 5.91. The topological polar surface area (TPSA) is 66.7 Å². The Morgan fingerprint density at radius 1 is 1.06 bits per heavy atom. The lowest BCUT2D eigenvalue weighted by Crippen LogP contribution is -2.29. The molecule has 3 aromatic rings. The molecular weight excluding hydrogens is 402 g/mol. The standard InChI is InChI=1S/C26H33N3O3/c1-19-24(16-27-13-14-28(3)17-21-9-6-5-7-10-21)25(26(30)31)20(2)29(19)18-22-11-8-12-23(15-22)32-4/h5-12,15,27H,13-14,16-18H2,1-4H3,(H,30,31). The highest BCUT2D eigenvalue weighted by Gasteiger charge is 2.22. The van der Waals surface area contributed by atoms with Gasteiger partial charge in [-0.2, -0.15) is 0 Å². The molecule has 0 spiro atoms. The fourth-order valence-corrected chi connectivity index (χ4v) is 4.10. The van der Waals surface area contributed by atoms with Gasteiger partial charge in [-0.1, -0.05) is 42.5 Å². The summed E-state index contributed by atoms with van der Waals surface area (Å²) < 4.78 is 7.41. The Morgan fingerprint density at radius 2 is 1.78 bits per heavy atom. The first kappa shape index (κ1) is 23.6. The third kappa shape index (κ3) is 5.78. The molecule has 2 aromatic carbocycles. The molecule has 0 saturated heterocycles. The van der Waals surface area contributed by atoms with Crippen molar-refractivity contribution in [3.63, 3.8) is 0 Å². The number of benzene rings is 2. The highest BCUT2D eigenvalue weighted by Crippen LogP contribution is 2.24. The van der Waals surface area contributed by atoms with Crippen molar-refractivity contribution in [3.05, 3.63) is 88.2 Å². The van der Waals surface area contributed by atoms with Crippen molar-refractivity contribution in [2.45, 2.75) is 33.5 Å². The van der Waals surface area contributed by atoms with Crippen LogP contribution >= 0.6 is 0 Å². The first-order valence-electron chi connectivity index (χ1n) is 10.9. The molecular formula is C26H33N3O3. The summed E-state index contributed by atoms with van der Waals surface area (Å²) in [6.07, 6.45) is 0. The number of carbonyl (C=O) groups is 1. The SMILES string of the molecule is COc1cccc(Cn2c(C)c(CNCCN(C)Cc3ccccc3)c(C(=O)O)c2C)c1. The molecule has 0 fully saturated rings. The molecule has 170 valence electrons. The van der Waals surface area contributed by atoms with Gasteiger partial charge >= 0.3 is 5.97 Å². The van der Waals surface area contributed by atoms with Crippen molar-refractivity contribution in [1.29, 1.82) is 0 Å². The van der Waals surface area contributed by atoms with E-state index in [1.165, 1.54) is 5.56 Å². The van der Waals surface area contributed by atoms with Crippen LogP contribution in [-0.4, -0.2) is 47.8 Å². The summed E-state index contributed by atoms with van der Waals surface area (Å²) in [5.41, 5.74) is 5.36. The molecule has 6 nitrogen and oxygen atoms in total. The second-order valence-corrected chi connectivity index (χ2v) is 8.17. The Kier molecular flexibility index (Phi) is 8.09. The largest absolute Gasteiger partial charge is 0.497 e. The molecule has 0 bridgehead atoms. The fraction of sp³-hybridized carbons (Fsp3) is 0.346. The zero-order chi connectivity index (χ0) is 23.1. The molecule has 1 heterocycles. The van der Waals surface area contributed by atoms with E-state index >= 15 is 0 Å². The summed E-state index contributed by atoms with van der Waals surface area (Å²) in [6, 6.07) is 18.3. The van der Waals surface area contributed by atoms with Gasteiger partial charge in [-0.15, -0.1) is 0 Å². The van der Waals surface area contributed by atoms with Crippen LogP contribution in [0, 0.1) is 13.8 Å². The average molecular weight is 436 g/mol. The number of hydrogen-bond donors (Lipinski definition) is 2. The van der Waals surface area contributed by atoms with Gasteiger partial charge in [0.15, 0.2) is 0 Å². The predicted octanol–water partition coefficient (Wildman–Crippen LogP) is 4.08. The number of nitrogens with one attached hydrogen (secondary N) is 1. The van der Waals surface area contributed by atoms with E-state index in [9.17, 15) is 9.90 Å². The Labute approximate surface area is 190 Å². The first-order chi connectivity index (χ1) is 15.4. The van der Waals surface area contributed by atoms with Gasteiger partial charge in [-0.25, -0.2) is 4.79 Å². The van der Waals surface area contributed by atoms with Crippen molar-refractivity contribution >= 4 is 5.97 Å². The molecule has 0 atom stereocenters. The van der Waals surface area contributed by atoms with Crippen molar-refractivity contribution in [3.8, 4) is 5.75 Å². The van der Waals surface area contributed by atoms with Gasteiger partial charge in [-0.05, 0) is 44.2 Å². The maximum atomic E-state index is 12.0. The molecule has 0 aliphatic heterocycles. The van der Waals surface area contributed by atoms with Crippen LogP contribution in [0.2, 0.25) is 0 Å². The Bertz CT molecular complexity index is 1040. The lowest BCUT2D eigenvalue weighted by atomic mass is 10.1. The minimum Gasteiger partial charge on any atom is -0.497 e. The lowest BCUT2D eigenvalue weighted by Gasteiger charge is -2.17. The molecule has 0 aliphatic rings. The normalized spacial score (nSPS) is 11.2. The number of aromatic nitrogens is 1. The zero-order valence-corrected chi connectivity index (χ0v) is 19.4. The third-order valence-corrected chi connectivity index (χ3v) is 5.87. The van der Waals surface area contributed by atoms with Crippen LogP contribution in [0.15, 0.2) is 54.6 Å². The quantitative estimate of drug-likeness (QED) is 0.444. The molecule has 0 unspecified atom stereocenters. The predicted molar refractivity (Wildman–Crippen MR) is 127 cm³/mol. The first-order valence-corrected chi connectivity index (χ1v) is 10.9. The smallest absolute Gasteiger partial charge is 0.337 e. The lowest BCUT2D eigenvalue weighted by molar-refractivity contribution is 0.0694. The van der Waals surface area contributed by atoms with E-state index in [1.54, 1.807) is 7.11 Å². The van der Waals surface area contributed by atoms with E-state index < -0.39 is 5.97 Å². The van der Waals surface area contributed by atoms with Crippen LogP contribution in [-0.2, 0) is 19.6 Å². The molecule has 2 N–H and O–H groups in total. The van der Waals surface area contributed by atoms with Crippen molar-refractivity contribution in [2.24, 2.45) is 0 Å². The molecule has 0 saturated carbocycles. The van der Waals surface area contributed by atoms with E-state index in [4.69, 9.17) is 4.74 Å². The second-order valence-electron chi connectivity index (χ2n) is 8.17. The van der Waals surface area contributed by atoms with E-state index in [0.717, 1.165) is 47.9 Å². The highest BCUT2D eigenvalue weighted by atomic mass is 16.5. The molecule has 0 aliphatic carbocycles. The summed E-state index contributed by atoms with van der Waals surface area (Å²) in [5, 5.41) is 13.3. The molecule has 0 amide bonds. The molecule has 0 radical (unpaired) electrons. The van der Waals surface area contributed by atoms with Gasteiger partial charge in [0.05, 0.1) is 12.7 Å². The summed E-state index contributed by atoms with van der Waals surface area (Å²) in [6.45, 7) is 7.55. The Morgan fingerprint density at radius 3 is 2.47 bits per heavy atom. The van der Waals surface area contributed by atoms with E-state index in [0.29, 0.717) is 18.7 Å². The number of hydrogen-bond acceptors (Lipinski definition) is 4. The van der Waals surface area contributed by atoms with Crippen LogP contribution in [0.4, 0.5) is 0 Å². The monoisotopic (exact) mass is 435 g/mol. The number of carboxylic acid groups (broad SMARTS) is 1. The maximum absolute atomic E-state index is 12.0. The summed E-state index contributed by atoms with van der Waals surface area (Å²) in [5.74, 6) is -0.0853. The van der Waals surface area contributed by atoms with Gasteiger partial charge < -0.3 is 24.6 Å². The fourth-order valence-electron chi connectivity index (χ4n) is 4.10. The average Bonchev–Trinajstić information content (AvgIpc) is 3.02. The van der Waals surface area contributed by atoms with Crippen molar-refractivity contribution in [1.82, 2.24) is 14.8 Å². The second kappa shape index (κ2) is 11.0. The Hall–Kier alpha value is -3.09. The van der Waals surface area contributed by atoms with Crippen molar-refractivity contribution < 1.29 is 14.6 Å². The van der Waals surface area contributed by atoms with Crippen molar-refractivity contribution in [2.75, 3.05) is 27.2 Å². The number of rotatable bonds is 11. The minimum atomic E-state index is -0.881. The number of nitrogens with zero attached hydrogens (tertiary/aromatic N) is 2. The van der Waals surface area contributed by atoms with Gasteiger partial charge in [0.25, 0.3) is 0 Å². The number of carboxylic acids is 1. The minimum absolute atomic E-state index is 0.399. The van der Waals surface area contributed by atoms with Gasteiger partial charge in [0, 0.05) is 49.7 Å². The number of aromatic carboxylic acids is 1. The van der Waals surface area contributed by atoms with Gasteiger partial charge in [-0.3, -0.25) is 0 Å². The molecule has 1 aromatic heterocycles. The summed E-state index contributed by atoms with van der Waals surface area (Å²) in [7, 11) is 3.74.